The molecule has 0 saturated carbocycles. The van der Waals surface area contributed by atoms with Crippen LogP contribution >= 0.6 is 0 Å². The number of aromatic amines is 1. The minimum atomic E-state index is -3.49. The zero-order valence-electron chi connectivity index (χ0n) is 20.6. The van der Waals surface area contributed by atoms with Gasteiger partial charge in [-0.05, 0) is 44.4 Å². The first-order valence-electron chi connectivity index (χ1n) is 11.4. The van der Waals surface area contributed by atoms with E-state index in [0.717, 1.165) is 0 Å². The average Bonchev–Trinajstić information content (AvgIpc) is 3.17. The van der Waals surface area contributed by atoms with Crippen LogP contribution in [0.5, 0.6) is 5.88 Å². The van der Waals surface area contributed by atoms with E-state index < -0.39 is 14.9 Å². The van der Waals surface area contributed by atoms with E-state index in [2.05, 4.69) is 4.98 Å². The summed E-state index contributed by atoms with van der Waals surface area (Å²) in [7, 11) is 0.256. The van der Waals surface area contributed by atoms with Crippen molar-refractivity contribution in [2.75, 3.05) is 37.7 Å². The van der Waals surface area contributed by atoms with Gasteiger partial charge in [-0.2, -0.15) is 0 Å². The predicted molar refractivity (Wildman–Crippen MR) is 146 cm³/mol. The topological polar surface area (TPSA) is 132 Å². The Kier molecular flexibility index (Phi) is 7.28. The second-order valence-corrected chi connectivity index (χ2v) is 10.7. The number of fused-ring (bicyclic) bond motifs is 1. The Morgan fingerprint density at radius 1 is 1.03 bits per heavy atom. The number of benzene rings is 3. The number of nitro benzene ring substituents is 1. The first kappa shape index (κ1) is 25.9. The largest absolute Gasteiger partial charge is 0.494 e. The van der Waals surface area contributed by atoms with Gasteiger partial charge in [0.1, 0.15) is 0 Å². The van der Waals surface area contributed by atoms with Gasteiger partial charge in [-0.25, -0.2) is 13.4 Å². The molecule has 1 heterocycles. The third-order valence-corrected chi connectivity index (χ3v) is 6.98. The third-order valence-electron chi connectivity index (χ3n) is 5.79. The highest BCUT2D eigenvalue weighted by Crippen LogP contribution is 2.34. The lowest BCUT2D eigenvalue weighted by molar-refractivity contribution is -0.384. The number of nitrogens with one attached hydrogen (secondary N) is 1. The molecule has 0 spiro atoms. The van der Waals surface area contributed by atoms with Crippen molar-refractivity contribution < 1.29 is 18.4 Å². The zero-order chi connectivity index (χ0) is 26.7. The second-order valence-electron chi connectivity index (χ2n) is 8.82. The molecule has 11 heteroatoms. The van der Waals surface area contributed by atoms with Gasteiger partial charge in [0.25, 0.3) is 5.69 Å². The molecular formula is C26H27N5O5S. The van der Waals surface area contributed by atoms with E-state index in [0.29, 0.717) is 52.2 Å². The van der Waals surface area contributed by atoms with Gasteiger partial charge in [0.2, 0.25) is 10.0 Å². The molecule has 0 aliphatic heterocycles. The number of non-ortho nitro benzene ring substituents is 1. The van der Waals surface area contributed by atoms with E-state index in [1.165, 1.54) is 22.7 Å². The molecule has 0 aliphatic rings. The number of nitro groups is 1. The summed E-state index contributed by atoms with van der Waals surface area (Å²) < 4.78 is 26.1. The van der Waals surface area contributed by atoms with Gasteiger partial charge in [-0.3, -0.25) is 14.4 Å². The maximum atomic E-state index is 12.4. The lowest BCUT2D eigenvalue weighted by atomic mass is 10.0. The van der Waals surface area contributed by atoms with Crippen LogP contribution in [0.3, 0.4) is 0 Å². The number of aromatic nitrogens is 1. The van der Waals surface area contributed by atoms with Gasteiger partial charge in [0.05, 0.1) is 33.8 Å². The van der Waals surface area contributed by atoms with E-state index in [-0.39, 0.29) is 11.6 Å². The Bertz CT molecular complexity index is 1560. The maximum absolute atomic E-state index is 12.4. The van der Waals surface area contributed by atoms with Crippen LogP contribution < -0.4 is 4.31 Å². The number of hydrogen-bond acceptors (Lipinski definition) is 7. The van der Waals surface area contributed by atoms with E-state index in [9.17, 15) is 23.6 Å². The highest BCUT2D eigenvalue weighted by Gasteiger charge is 2.21. The SMILES string of the molecule is CN(C)CCN(c1ccc(N=C(c2ccccc2)c2c(O)[nH]c3ccc([N+](=O)[O-])cc23)cc1)S(C)(=O)=O. The second kappa shape index (κ2) is 10.4. The summed E-state index contributed by atoms with van der Waals surface area (Å²) in [5, 5.41) is 22.6. The average molecular weight is 522 g/mol. The summed E-state index contributed by atoms with van der Waals surface area (Å²) in [6, 6.07) is 20.2. The maximum Gasteiger partial charge on any atom is 0.270 e. The summed E-state index contributed by atoms with van der Waals surface area (Å²) in [5.74, 6) is -0.165. The lowest BCUT2D eigenvalue weighted by Crippen LogP contribution is -2.35. The minimum absolute atomic E-state index is 0.108. The Balaban J connectivity index is 1.82. The number of H-pyrrole nitrogens is 1. The minimum Gasteiger partial charge on any atom is -0.494 e. The van der Waals surface area contributed by atoms with Crippen LogP contribution in [-0.4, -0.2) is 67.5 Å². The standard InChI is InChI=1S/C26H27N5O5S/c1-29(2)15-16-30(37(3,35)36)20-11-9-19(10-12-20)27-25(18-7-5-4-6-8-18)24-22-17-21(31(33)34)13-14-23(22)28-26(24)32/h4-14,17,28,32H,15-16H2,1-3H3. The van der Waals surface area contributed by atoms with Crippen molar-refractivity contribution in [3.8, 4) is 5.88 Å². The summed E-state index contributed by atoms with van der Waals surface area (Å²) in [4.78, 5) is 20.5. The molecule has 37 heavy (non-hydrogen) atoms. The van der Waals surface area contributed by atoms with Crippen molar-refractivity contribution in [3.63, 3.8) is 0 Å². The van der Waals surface area contributed by atoms with E-state index in [1.807, 2.05) is 49.3 Å². The molecule has 0 atom stereocenters. The van der Waals surface area contributed by atoms with Crippen molar-refractivity contribution in [1.29, 1.82) is 0 Å². The number of rotatable bonds is 9. The first-order chi connectivity index (χ1) is 17.5. The van der Waals surface area contributed by atoms with Crippen molar-refractivity contribution >= 4 is 43.7 Å². The molecule has 0 unspecified atom stereocenters. The fourth-order valence-corrected chi connectivity index (χ4v) is 4.90. The smallest absolute Gasteiger partial charge is 0.270 e. The molecule has 0 radical (unpaired) electrons. The molecule has 4 rings (SSSR count). The lowest BCUT2D eigenvalue weighted by Gasteiger charge is -2.24. The molecule has 0 fully saturated rings. The fourth-order valence-electron chi connectivity index (χ4n) is 3.98. The predicted octanol–water partition coefficient (Wildman–Crippen LogP) is 4.28. The van der Waals surface area contributed by atoms with E-state index >= 15 is 0 Å². The summed E-state index contributed by atoms with van der Waals surface area (Å²) >= 11 is 0. The van der Waals surface area contributed by atoms with Crippen molar-refractivity contribution in [1.82, 2.24) is 9.88 Å². The Morgan fingerprint density at radius 3 is 2.30 bits per heavy atom. The summed E-state index contributed by atoms with van der Waals surface area (Å²) in [6.07, 6.45) is 1.17. The number of aliphatic imine (C=N–C) groups is 1. The number of sulfonamides is 1. The van der Waals surface area contributed by atoms with Crippen molar-refractivity contribution in [2.45, 2.75) is 0 Å². The van der Waals surface area contributed by atoms with Gasteiger partial charge in [0.15, 0.2) is 5.88 Å². The quantitative estimate of drug-likeness (QED) is 0.192. The monoisotopic (exact) mass is 521 g/mol. The molecular weight excluding hydrogens is 494 g/mol. The van der Waals surface area contributed by atoms with Crippen LogP contribution in [0, 0.1) is 10.1 Å². The number of likely N-dealkylation sites (N-methyl/N-ethyl adjacent to an activating group) is 1. The zero-order valence-corrected chi connectivity index (χ0v) is 21.4. The van der Waals surface area contributed by atoms with Crippen LogP contribution in [0.2, 0.25) is 0 Å². The fraction of sp³-hybridized carbons (Fsp3) is 0.192. The van der Waals surface area contributed by atoms with Crippen LogP contribution in [0.4, 0.5) is 17.1 Å². The third kappa shape index (κ3) is 5.79. The normalized spacial score (nSPS) is 12.3. The molecule has 2 N–H and O–H groups in total. The molecule has 0 bridgehead atoms. The molecule has 192 valence electrons. The Hall–Kier alpha value is -4.22. The molecule has 1 aromatic heterocycles. The van der Waals surface area contributed by atoms with Gasteiger partial charge < -0.3 is 15.0 Å². The number of hydrogen-bond donors (Lipinski definition) is 2. The number of aromatic hydroxyl groups is 1. The van der Waals surface area contributed by atoms with Gasteiger partial charge in [0, 0.05) is 41.7 Å². The van der Waals surface area contributed by atoms with E-state index in [4.69, 9.17) is 4.99 Å². The highest BCUT2D eigenvalue weighted by atomic mass is 32.2. The number of nitrogens with zero attached hydrogens (tertiary/aromatic N) is 4. The highest BCUT2D eigenvalue weighted by molar-refractivity contribution is 7.92. The van der Waals surface area contributed by atoms with Crippen molar-refractivity contribution in [3.05, 3.63) is 94.0 Å². The Labute approximate surface area is 214 Å². The molecule has 0 saturated heterocycles. The van der Waals surface area contributed by atoms with Crippen LogP contribution in [-0.2, 0) is 10.0 Å². The van der Waals surface area contributed by atoms with Crippen LogP contribution in [0.1, 0.15) is 11.1 Å². The van der Waals surface area contributed by atoms with Crippen LogP contribution in [0.25, 0.3) is 10.9 Å². The van der Waals surface area contributed by atoms with Gasteiger partial charge in [-0.15, -0.1) is 0 Å². The Morgan fingerprint density at radius 2 is 1.70 bits per heavy atom. The summed E-state index contributed by atoms with van der Waals surface area (Å²) in [5.41, 5.74) is 2.88. The molecule has 10 nitrogen and oxygen atoms in total. The summed E-state index contributed by atoms with van der Waals surface area (Å²) in [6.45, 7) is 0.850. The molecule has 3 aromatic carbocycles. The van der Waals surface area contributed by atoms with Gasteiger partial charge >= 0.3 is 0 Å². The van der Waals surface area contributed by atoms with Crippen molar-refractivity contribution in [2.24, 2.45) is 4.99 Å². The van der Waals surface area contributed by atoms with Gasteiger partial charge in [-0.1, -0.05) is 30.3 Å². The molecule has 0 aliphatic carbocycles. The molecule has 0 amide bonds. The first-order valence-corrected chi connectivity index (χ1v) is 13.3. The molecule has 4 aromatic rings. The van der Waals surface area contributed by atoms with E-state index in [1.54, 1.807) is 30.3 Å². The number of anilines is 1. The van der Waals surface area contributed by atoms with Crippen LogP contribution in [0.15, 0.2) is 77.8 Å².